The van der Waals surface area contributed by atoms with Gasteiger partial charge in [0.25, 0.3) is 0 Å². The van der Waals surface area contributed by atoms with Crippen molar-refractivity contribution in [3.8, 4) is 11.3 Å². The summed E-state index contributed by atoms with van der Waals surface area (Å²) in [6.07, 6.45) is 0. The molecule has 2 N–H and O–H groups in total. The Balaban J connectivity index is 2.24. The Morgan fingerprint density at radius 3 is 2.76 bits per heavy atom. The third kappa shape index (κ3) is 2.99. The van der Waals surface area contributed by atoms with Crippen LogP contribution in [0.5, 0.6) is 0 Å². The molecular weight excluding hydrogens is 278 g/mol. The van der Waals surface area contributed by atoms with Crippen LogP contribution in [0.15, 0.2) is 39.2 Å². The summed E-state index contributed by atoms with van der Waals surface area (Å²) in [7, 11) is 0. The van der Waals surface area contributed by atoms with Crippen molar-refractivity contribution in [3.63, 3.8) is 0 Å². The van der Waals surface area contributed by atoms with Crippen molar-refractivity contribution >= 4 is 15.9 Å². The minimum absolute atomic E-state index is 0.909. The molecule has 0 amide bonds. The van der Waals surface area contributed by atoms with Gasteiger partial charge in [0.1, 0.15) is 12.3 Å². The smallest absolute Gasteiger partial charge is 0.158 e. The van der Waals surface area contributed by atoms with Gasteiger partial charge < -0.3 is 9.73 Å². The Morgan fingerprint density at radius 2 is 2.06 bits per heavy atom. The van der Waals surface area contributed by atoms with Gasteiger partial charge in [0.2, 0.25) is 0 Å². The molecule has 0 saturated carbocycles. The minimum Gasteiger partial charge on any atom is -0.455 e. The predicted molar refractivity (Wildman–Crippen MR) is 72.8 cm³/mol. The molecular formula is C14H17BrNO+. The maximum atomic E-state index is 5.85. The van der Waals surface area contributed by atoms with Crippen molar-refractivity contribution in [1.82, 2.24) is 0 Å². The SMILES string of the molecule is CC[NH2+]Cc1ccc(-c2ccc(Br)cc2C)o1. The summed E-state index contributed by atoms with van der Waals surface area (Å²) in [6.45, 7) is 6.22. The van der Waals surface area contributed by atoms with Gasteiger partial charge >= 0.3 is 0 Å². The summed E-state index contributed by atoms with van der Waals surface area (Å²) < 4.78 is 6.95. The van der Waals surface area contributed by atoms with E-state index in [0.29, 0.717) is 0 Å². The van der Waals surface area contributed by atoms with Crippen molar-refractivity contribution in [2.24, 2.45) is 0 Å². The predicted octanol–water partition coefficient (Wildman–Crippen LogP) is 3.10. The van der Waals surface area contributed by atoms with Crippen molar-refractivity contribution in [3.05, 3.63) is 46.1 Å². The molecule has 90 valence electrons. The van der Waals surface area contributed by atoms with Crippen LogP contribution in [0.3, 0.4) is 0 Å². The normalized spacial score (nSPS) is 10.8. The topological polar surface area (TPSA) is 29.8 Å². The number of aryl methyl sites for hydroxylation is 1. The summed E-state index contributed by atoms with van der Waals surface area (Å²) >= 11 is 3.47. The van der Waals surface area contributed by atoms with Gasteiger partial charge in [-0.3, -0.25) is 0 Å². The van der Waals surface area contributed by atoms with Crippen molar-refractivity contribution in [2.45, 2.75) is 20.4 Å². The summed E-state index contributed by atoms with van der Waals surface area (Å²) in [5.74, 6) is 1.98. The highest BCUT2D eigenvalue weighted by atomic mass is 79.9. The molecule has 0 bridgehead atoms. The van der Waals surface area contributed by atoms with E-state index in [2.05, 4.69) is 59.4 Å². The fraction of sp³-hybridized carbons (Fsp3) is 0.286. The summed E-state index contributed by atoms with van der Waals surface area (Å²) in [5.41, 5.74) is 2.38. The van der Waals surface area contributed by atoms with Crippen LogP contribution in [-0.4, -0.2) is 6.54 Å². The molecule has 0 spiro atoms. The summed E-state index contributed by atoms with van der Waals surface area (Å²) in [5, 5.41) is 2.22. The monoisotopic (exact) mass is 294 g/mol. The molecule has 0 saturated heterocycles. The maximum absolute atomic E-state index is 5.85. The number of nitrogens with two attached hydrogens (primary N) is 1. The van der Waals surface area contributed by atoms with Gasteiger partial charge in [-0.2, -0.15) is 0 Å². The second kappa shape index (κ2) is 5.52. The average molecular weight is 295 g/mol. The standard InChI is InChI=1S/C14H16BrNO/c1-3-16-9-12-5-7-14(17-12)13-6-4-11(15)8-10(13)2/h4-8,16H,3,9H2,1-2H3/p+1. The average Bonchev–Trinajstić information content (AvgIpc) is 2.75. The largest absolute Gasteiger partial charge is 0.455 e. The second-order valence-electron chi connectivity index (χ2n) is 4.13. The molecule has 17 heavy (non-hydrogen) atoms. The Kier molecular flexibility index (Phi) is 4.02. The zero-order chi connectivity index (χ0) is 12.3. The van der Waals surface area contributed by atoms with E-state index in [9.17, 15) is 0 Å². The van der Waals surface area contributed by atoms with Crippen LogP contribution in [0, 0.1) is 6.92 Å². The number of halogens is 1. The van der Waals surface area contributed by atoms with Crippen LogP contribution >= 0.6 is 15.9 Å². The van der Waals surface area contributed by atoms with Gasteiger partial charge in [-0.15, -0.1) is 0 Å². The lowest BCUT2D eigenvalue weighted by Crippen LogP contribution is -2.81. The molecule has 0 aliphatic heterocycles. The highest BCUT2D eigenvalue weighted by molar-refractivity contribution is 9.10. The first-order valence-corrected chi connectivity index (χ1v) is 6.67. The van der Waals surface area contributed by atoms with Crippen LogP contribution in [0.4, 0.5) is 0 Å². The van der Waals surface area contributed by atoms with Gasteiger partial charge in [0.15, 0.2) is 5.76 Å². The number of hydrogen-bond donors (Lipinski definition) is 1. The molecule has 0 aliphatic carbocycles. The van der Waals surface area contributed by atoms with Crippen LogP contribution in [0.25, 0.3) is 11.3 Å². The molecule has 1 heterocycles. The number of rotatable bonds is 4. The molecule has 1 aromatic heterocycles. The first-order chi connectivity index (χ1) is 8.20. The molecule has 2 rings (SSSR count). The fourth-order valence-electron chi connectivity index (χ4n) is 1.82. The first-order valence-electron chi connectivity index (χ1n) is 5.87. The lowest BCUT2D eigenvalue weighted by Gasteiger charge is -2.03. The molecule has 1 aromatic carbocycles. The Morgan fingerprint density at radius 1 is 1.24 bits per heavy atom. The minimum atomic E-state index is 0.909. The fourth-order valence-corrected chi connectivity index (χ4v) is 2.30. The van der Waals surface area contributed by atoms with Crippen molar-refractivity contribution in [1.29, 1.82) is 0 Å². The van der Waals surface area contributed by atoms with E-state index in [-0.39, 0.29) is 0 Å². The highest BCUT2D eigenvalue weighted by Crippen LogP contribution is 2.27. The molecule has 2 aromatic rings. The van der Waals surface area contributed by atoms with E-state index in [1.54, 1.807) is 0 Å². The third-order valence-corrected chi connectivity index (χ3v) is 3.24. The van der Waals surface area contributed by atoms with E-state index in [1.165, 1.54) is 5.56 Å². The lowest BCUT2D eigenvalue weighted by atomic mass is 10.1. The zero-order valence-corrected chi connectivity index (χ0v) is 11.8. The van der Waals surface area contributed by atoms with Gasteiger partial charge in [0, 0.05) is 10.0 Å². The van der Waals surface area contributed by atoms with Crippen LogP contribution < -0.4 is 5.32 Å². The number of quaternary nitrogens is 1. The molecule has 0 radical (unpaired) electrons. The zero-order valence-electron chi connectivity index (χ0n) is 10.2. The molecule has 0 fully saturated rings. The lowest BCUT2D eigenvalue weighted by molar-refractivity contribution is -0.669. The van der Waals surface area contributed by atoms with E-state index in [4.69, 9.17) is 4.42 Å². The molecule has 0 atom stereocenters. The highest BCUT2D eigenvalue weighted by Gasteiger charge is 2.08. The van der Waals surface area contributed by atoms with Gasteiger partial charge in [-0.25, -0.2) is 0 Å². The van der Waals surface area contributed by atoms with Crippen LogP contribution in [0.1, 0.15) is 18.2 Å². The molecule has 0 unspecified atom stereocenters. The Labute approximate surface area is 110 Å². The molecule has 3 heteroatoms. The van der Waals surface area contributed by atoms with Crippen LogP contribution in [-0.2, 0) is 6.54 Å². The second-order valence-corrected chi connectivity index (χ2v) is 5.04. The summed E-state index contributed by atoms with van der Waals surface area (Å²) in [6, 6.07) is 10.3. The van der Waals surface area contributed by atoms with E-state index < -0.39 is 0 Å². The molecule has 2 nitrogen and oxygen atoms in total. The third-order valence-electron chi connectivity index (χ3n) is 2.75. The number of hydrogen-bond acceptors (Lipinski definition) is 1. The van der Waals surface area contributed by atoms with Crippen molar-refractivity contribution in [2.75, 3.05) is 6.54 Å². The van der Waals surface area contributed by atoms with Gasteiger partial charge in [0.05, 0.1) is 6.54 Å². The van der Waals surface area contributed by atoms with E-state index >= 15 is 0 Å². The van der Waals surface area contributed by atoms with E-state index in [1.807, 2.05) is 6.07 Å². The van der Waals surface area contributed by atoms with E-state index in [0.717, 1.165) is 34.6 Å². The quantitative estimate of drug-likeness (QED) is 0.923. The Bertz CT molecular complexity index is 505. The van der Waals surface area contributed by atoms with Gasteiger partial charge in [-0.05, 0) is 49.7 Å². The number of benzene rings is 1. The Hall–Kier alpha value is -1.06. The van der Waals surface area contributed by atoms with Gasteiger partial charge in [-0.1, -0.05) is 15.9 Å². The summed E-state index contributed by atoms with van der Waals surface area (Å²) in [4.78, 5) is 0. The van der Waals surface area contributed by atoms with Crippen LogP contribution in [0.2, 0.25) is 0 Å². The maximum Gasteiger partial charge on any atom is 0.158 e. The molecule has 0 aliphatic rings. The first kappa shape index (κ1) is 12.4. The number of furan rings is 1. The van der Waals surface area contributed by atoms with Crippen molar-refractivity contribution < 1.29 is 9.73 Å².